The molecule has 2 aromatic carbocycles. The number of nitrogens with two attached hydrogens (primary N) is 1. The fraction of sp³-hybridized carbons (Fsp3) is 0.105. The van der Waals surface area contributed by atoms with Gasteiger partial charge in [0.15, 0.2) is 11.5 Å². The molecule has 0 aliphatic carbocycles. The summed E-state index contributed by atoms with van der Waals surface area (Å²) in [5.41, 5.74) is 8.97. The Balaban J connectivity index is 1.86. The maximum atomic E-state index is 12.6. The van der Waals surface area contributed by atoms with Crippen LogP contribution in [0.25, 0.3) is 11.3 Å². The number of nitrogen functional groups attached to an aromatic ring is 1. The highest BCUT2D eigenvalue weighted by Gasteiger charge is 2.15. The van der Waals surface area contributed by atoms with Crippen LogP contribution >= 0.6 is 0 Å². The topological polar surface area (TPSA) is 127 Å². The number of amides is 1. The van der Waals surface area contributed by atoms with Crippen LogP contribution in [0.4, 0.5) is 17.2 Å². The second kappa shape index (κ2) is 7.65. The lowest BCUT2D eigenvalue weighted by Crippen LogP contribution is -2.17. The van der Waals surface area contributed by atoms with Crippen molar-refractivity contribution in [2.45, 2.75) is 6.92 Å². The van der Waals surface area contributed by atoms with Crippen LogP contribution < -0.4 is 15.8 Å². The molecule has 0 radical (unpaired) electrons. The van der Waals surface area contributed by atoms with Crippen LogP contribution in [0.15, 0.2) is 54.7 Å². The molecule has 0 unspecified atom stereocenters. The lowest BCUT2D eigenvalue weighted by Gasteiger charge is -2.10. The highest BCUT2D eigenvalue weighted by Crippen LogP contribution is 2.21. The minimum atomic E-state index is -3.43. The van der Waals surface area contributed by atoms with Crippen molar-refractivity contribution in [3.63, 3.8) is 0 Å². The number of nitrogens with zero attached hydrogens (tertiary/aromatic N) is 2. The summed E-state index contributed by atoms with van der Waals surface area (Å²) in [4.78, 5) is 21.0. The van der Waals surface area contributed by atoms with E-state index in [4.69, 9.17) is 5.73 Å². The molecular weight excluding hydrogens is 378 g/mol. The third kappa shape index (κ3) is 4.83. The molecule has 1 heterocycles. The van der Waals surface area contributed by atoms with Gasteiger partial charge in [0, 0.05) is 11.3 Å². The molecular formula is C19H19N5O3S. The number of nitrogens with one attached hydrogen (secondary N) is 2. The zero-order valence-electron chi connectivity index (χ0n) is 15.3. The van der Waals surface area contributed by atoms with E-state index in [9.17, 15) is 13.2 Å². The minimum Gasteiger partial charge on any atom is -0.382 e. The molecule has 0 saturated carbocycles. The Morgan fingerprint density at radius 2 is 1.75 bits per heavy atom. The molecule has 0 aliphatic rings. The van der Waals surface area contributed by atoms with Crippen LogP contribution in [0, 0.1) is 6.92 Å². The second-order valence-electron chi connectivity index (χ2n) is 6.26. The van der Waals surface area contributed by atoms with E-state index in [1.807, 2.05) is 31.2 Å². The maximum Gasteiger partial charge on any atom is 0.278 e. The van der Waals surface area contributed by atoms with Crippen molar-refractivity contribution in [3.05, 3.63) is 66.0 Å². The predicted molar refractivity (Wildman–Crippen MR) is 109 cm³/mol. The summed E-state index contributed by atoms with van der Waals surface area (Å²) in [5, 5.41) is 2.66. The first kappa shape index (κ1) is 19.3. The summed E-state index contributed by atoms with van der Waals surface area (Å²) in [6, 6.07) is 13.9. The van der Waals surface area contributed by atoms with E-state index < -0.39 is 15.9 Å². The van der Waals surface area contributed by atoms with Crippen LogP contribution in [0.1, 0.15) is 16.1 Å². The quantitative estimate of drug-likeness (QED) is 0.607. The van der Waals surface area contributed by atoms with Crippen molar-refractivity contribution in [2.75, 3.05) is 22.0 Å². The van der Waals surface area contributed by atoms with E-state index in [2.05, 4.69) is 20.0 Å². The molecule has 28 heavy (non-hydrogen) atoms. The van der Waals surface area contributed by atoms with Gasteiger partial charge in [-0.05, 0) is 25.1 Å². The summed E-state index contributed by atoms with van der Waals surface area (Å²) >= 11 is 0. The molecule has 1 aromatic heterocycles. The molecule has 1 amide bonds. The molecule has 0 spiro atoms. The smallest absolute Gasteiger partial charge is 0.278 e. The van der Waals surface area contributed by atoms with Gasteiger partial charge >= 0.3 is 0 Å². The molecule has 0 bridgehead atoms. The molecule has 9 heteroatoms. The van der Waals surface area contributed by atoms with Crippen LogP contribution in [-0.4, -0.2) is 30.5 Å². The first-order valence-electron chi connectivity index (χ1n) is 8.30. The van der Waals surface area contributed by atoms with Crippen LogP contribution in [0.5, 0.6) is 0 Å². The molecule has 0 saturated heterocycles. The Bertz CT molecular complexity index is 1130. The summed E-state index contributed by atoms with van der Waals surface area (Å²) in [5.74, 6) is -0.547. The number of sulfonamides is 1. The number of hydrogen-bond acceptors (Lipinski definition) is 6. The van der Waals surface area contributed by atoms with Crippen LogP contribution in [0.3, 0.4) is 0 Å². The van der Waals surface area contributed by atoms with Gasteiger partial charge in [0.05, 0.1) is 23.8 Å². The number of anilines is 3. The van der Waals surface area contributed by atoms with Crippen molar-refractivity contribution < 1.29 is 13.2 Å². The number of aromatic nitrogens is 2. The number of rotatable bonds is 5. The fourth-order valence-corrected chi connectivity index (χ4v) is 3.05. The Morgan fingerprint density at radius 1 is 1.07 bits per heavy atom. The zero-order valence-corrected chi connectivity index (χ0v) is 16.1. The number of aryl methyl sites for hydroxylation is 1. The number of carbonyl (C=O) groups is 1. The van der Waals surface area contributed by atoms with E-state index >= 15 is 0 Å². The summed E-state index contributed by atoms with van der Waals surface area (Å²) < 4.78 is 25.1. The monoisotopic (exact) mass is 397 g/mol. The van der Waals surface area contributed by atoms with Crippen molar-refractivity contribution in [2.24, 2.45) is 0 Å². The standard InChI is InChI=1S/C19H19N5O3S/c1-12-6-8-13(9-7-12)16-11-21-18(20)17(23-16)19(25)22-14-4-3-5-15(10-14)24-28(2,26)27/h3-11,24H,1-2H3,(H2,20,21)(H,22,25). The summed E-state index contributed by atoms with van der Waals surface area (Å²) in [7, 11) is -3.43. The minimum absolute atomic E-state index is 0.00113. The van der Waals surface area contributed by atoms with Crippen molar-refractivity contribution >= 4 is 33.1 Å². The van der Waals surface area contributed by atoms with Crippen molar-refractivity contribution in [3.8, 4) is 11.3 Å². The van der Waals surface area contributed by atoms with E-state index in [0.29, 0.717) is 17.1 Å². The number of carbonyl (C=O) groups excluding carboxylic acids is 1. The van der Waals surface area contributed by atoms with E-state index in [1.165, 1.54) is 12.3 Å². The molecule has 3 rings (SSSR count). The average molecular weight is 397 g/mol. The molecule has 4 N–H and O–H groups in total. The third-order valence-electron chi connectivity index (χ3n) is 3.79. The Hall–Kier alpha value is -3.46. The zero-order chi connectivity index (χ0) is 20.3. The Morgan fingerprint density at radius 3 is 2.43 bits per heavy atom. The summed E-state index contributed by atoms with van der Waals surface area (Å²) in [6.07, 6.45) is 2.55. The summed E-state index contributed by atoms with van der Waals surface area (Å²) in [6.45, 7) is 1.98. The van der Waals surface area contributed by atoms with Gasteiger partial charge in [-0.15, -0.1) is 0 Å². The molecule has 8 nitrogen and oxygen atoms in total. The van der Waals surface area contributed by atoms with Crippen molar-refractivity contribution in [1.29, 1.82) is 0 Å². The number of hydrogen-bond donors (Lipinski definition) is 3. The van der Waals surface area contributed by atoms with Crippen LogP contribution in [-0.2, 0) is 10.0 Å². The largest absolute Gasteiger partial charge is 0.382 e. The third-order valence-corrected chi connectivity index (χ3v) is 4.39. The van der Waals surface area contributed by atoms with Gasteiger partial charge in [0.1, 0.15) is 0 Å². The predicted octanol–water partition coefficient (Wildman–Crippen LogP) is 2.66. The van der Waals surface area contributed by atoms with E-state index in [-0.39, 0.29) is 11.5 Å². The Kier molecular flexibility index (Phi) is 5.27. The number of benzene rings is 2. The lowest BCUT2D eigenvalue weighted by atomic mass is 10.1. The fourth-order valence-electron chi connectivity index (χ4n) is 2.49. The van der Waals surface area contributed by atoms with Gasteiger partial charge in [-0.1, -0.05) is 35.9 Å². The molecule has 0 atom stereocenters. The first-order valence-corrected chi connectivity index (χ1v) is 10.2. The normalized spacial score (nSPS) is 11.1. The maximum absolute atomic E-state index is 12.6. The van der Waals surface area contributed by atoms with E-state index in [0.717, 1.165) is 17.4 Å². The Labute approximate surface area is 162 Å². The molecule has 0 fully saturated rings. The van der Waals surface area contributed by atoms with Gasteiger partial charge in [-0.25, -0.2) is 18.4 Å². The van der Waals surface area contributed by atoms with Gasteiger partial charge in [0.2, 0.25) is 10.0 Å². The molecule has 3 aromatic rings. The lowest BCUT2D eigenvalue weighted by molar-refractivity contribution is 0.102. The highest BCUT2D eigenvalue weighted by molar-refractivity contribution is 7.92. The molecule has 144 valence electrons. The highest BCUT2D eigenvalue weighted by atomic mass is 32.2. The van der Waals surface area contributed by atoms with Crippen molar-refractivity contribution in [1.82, 2.24) is 9.97 Å². The SMILES string of the molecule is Cc1ccc(-c2cnc(N)c(C(=O)Nc3cccc(NS(C)(=O)=O)c3)n2)cc1. The van der Waals surface area contributed by atoms with Gasteiger partial charge in [-0.2, -0.15) is 0 Å². The second-order valence-corrected chi connectivity index (χ2v) is 8.01. The van der Waals surface area contributed by atoms with E-state index in [1.54, 1.807) is 18.2 Å². The van der Waals surface area contributed by atoms with Gasteiger partial charge < -0.3 is 11.1 Å². The van der Waals surface area contributed by atoms with Crippen LogP contribution in [0.2, 0.25) is 0 Å². The molecule has 0 aliphatic heterocycles. The average Bonchev–Trinajstić information content (AvgIpc) is 2.61. The van der Waals surface area contributed by atoms with Gasteiger partial charge in [-0.3, -0.25) is 9.52 Å². The first-order chi connectivity index (χ1) is 13.2. The van der Waals surface area contributed by atoms with Gasteiger partial charge in [0.25, 0.3) is 5.91 Å².